The molecule has 3 aromatic rings. The van der Waals surface area contributed by atoms with Gasteiger partial charge in [-0.15, -0.1) is 0 Å². The van der Waals surface area contributed by atoms with Crippen LogP contribution in [0.1, 0.15) is 16.7 Å². The summed E-state index contributed by atoms with van der Waals surface area (Å²) in [5.74, 6) is 0.170. The van der Waals surface area contributed by atoms with E-state index in [0.717, 1.165) is 5.56 Å². The quantitative estimate of drug-likeness (QED) is 0.357. The van der Waals surface area contributed by atoms with Crippen molar-refractivity contribution < 1.29 is 9.53 Å². The van der Waals surface area contributed by atoms with Crippen molar-refractivity contribution >= 4 is 40.9 Å². The fraction of sp³-hybridized carbons (Fsp3) is 0.0833. The van der Waals surface area contributed by atoms with E-state index in [0.29, 0.717) is 33.7 Å². The first-order valence-electron chi connectivity index (χ1n) is 9.11. The molecule has 150 valence electrons. The molecule has 0 aliphatic rings. The summed E-state index contributed by atoms with van der Waals surface area (Å²) >= 11 is 11.8. The molecule has 0 unspecified atom stereocenters. The highest BCUT2D eigenvalue weighted by Gasteiger charge is 2.10. The normalized spacial score (nSPS) is 10.9. The number of carbonyl (C=O) groups is 1. The Morgan fingerprint density at radius 3 is 2.50 bits per heavy atom. The number of amides is 1. The third-order valence-electron chi connectivity index (χ3n) is 4.22. The van der Waals surface area contributed by atoms with E-state index in [9.17, 15) is 10.1 Å². The first-order valence-corrected chi connectivity index (χ1v) is 9.87. The molecular formula is C24H18Cl2N2O2. The van der Waals surface area contributed by atoms with Gasteiger partial charge in [0, 0.05) is 5.69 Å². The fourth-order valence-corrected chi connectivity index (χ4v) is 3.01. The van der Waals surface area contributed by atoms with Gasteiger partial charge in [-0.25, -0.2) is 0 Å². The van der Waals surface area contributed by atoms with E-state index in [4.69, 9.17) is 27.9 Å². The molecule has 3 rings (SSSR count). The Morgan fingerprint density at radius 2 is 1.83 bits per heavy atom. The van der Waals surface area contributed by atoms with Crippen molar-refractivity contribution in [2.45, 2.75) is 13.5 Å². The van der Waals surface area contributed by atoms with Crippen LogP contribution in [-0.2, 0) is 11.4 Å². The number of nitrogens with one attached hydrogen (secondary N) is 1. The van der Waals surface area contributed by atoms with Gasteiger partial charge in [0.05, 0.1) is 10.0 Å². The second-order valence-corrected chi connectivity index (χ2v) is 7.41. The van der Waals surface area contributed by atoms with E-state index in [2.05, 4.69) is 11.4 Å². The molecule has 0 fully saturated rings. The molecule has 0 heterocycles. The second-order valence-electron chi connectivity index (χ2n) is 6.60. The number of aryl methyl sites for hydroxylation is 1. The van der Waals surface area contributed by atoms with Gasteiger partial charge in [0.25, 0.3) is 5.91 Å². The van der Waals surface area contributed by atoms with Crippen molar-refractivity contribution in [3.8, 4) is 11.8 Å². The number of rotatable bonds is 6. The smallest absolute Gasteiger partial charge is 0.266 e. The maximum absolute atomic E-state index is 12.4. The Balaban J connectivity index is 1.65. The van der Waals surface area contributed by atoms with Gasteiger partial charge in [-0.2, -0.15) is 5.26 Å². The minimum Gasteiger partial charge on any atom is -0.489 e. The molecule has 1 N–H and O–H groups in total. The van der Waals surface area contributed by atoms with Crippen LogP contribution in [-0.4, -0.2) is 5.91 Å². The molecular weight excluding hydrogens is 419 g/mol. The predicted molar refractivity (Wildman–Crippen MR) is 121 cm³/mol. The highest BCUT2D eigenvalue weighted by Crippen LogP contribution is 2.25. The second kappa shape index (κ2) is 9.98. The zero-order chi connectivity index (χ0) is 21.5. The highest BCUT2D eigenvalue weighted by atomic mass is 35.5. The van der Waals surface area contributed by atoms with Crippen LogP contribution in [0.15, 0.2) is 72.3 Å². The summed E-state index contributed by atoms with van der Waals surface area (Å²) in [6.45, 7) is 2.50. The van der Waals surface area contributed by atoms with Crippen LogP contribution in [0.4, 0.5) is 5.69 Å². The monoisotopic (exact) mass is 436 g/mol. The average molecular weight is 437 g/mol. The molecule has 0 saturated carbocycles. The van der Waals surface area contributed by atoms with Gasteiger partial charge in [0.2, 0.25) is 0 Å². The third kappa shape index (κ3) is 5.87. The lowest BCUT2D eigenvalue weighted by Gasteiger charge is -2.08. The van der Waals surface area contributed by atoms with Crippen LogP contribution in [0.3, 0.4) is 0 Å². The number of nitrogens with zero attached hydrogens (tertiary/aromatic N) is 1. The van der Waals surface area contributed by atoms with Crippen molar-refractivity contribution in [2.75, 3.05) is 5.32 Å². The Kier molecular flexibility index (Phi) is 7.13. The third-order valence-corrected chi connectivity index (χ3v) is 4.96. The van der Waals surface area contributed by atoms with Gasteiger partial charge in [0.1, 0.15) is 24.0 Å². The molecule has 30 heavy (non-hydrogen) atoms. The number of carbonyl (C=O) groups excluding carboxylic acids is 1. The van der Waals surface area contributed by atoms with Gasteiger partial charge in [-0.05, 0) is 54.5 Å². The molecule has 0 bridgehead atoms. The lowest BCUT2D eigenvalue weighted by molar-refractivity contribution is -0.112. The molecule has 0 aromatic heterocycles. The Morgan fingerprint density at radius 1 is 1.07 bits per heavy atom. The summed E-state index contributed by atoms with van der Waals surface area (Å²) in [5, 5.41) is 12.7. The molecule has 4 nitrogen and oxygen atoms in total. The minimum atomic E-state index is -0.532. The lowest BCUT2D eigenvalue weighted by atomic mass is 10.1. The van der Waals surface area contributed by atoms with Crippen LogP contribution >= 0.6 is 23.2 Å². The number of benzene rings is 3. The number of anilines is 1. The molecule has 0 atom stereocenters. The van der Waals surface area contributed by atoms with Crippen LogP contribution in [0.25, 0.3) is 6.08 Å². The summed E-state index contributed by atoms with van der Waals surface area (Å²) in [5.41, 5.74) is 3.40. The predicted octanol–water partition coefficient (Wildman–Crippen LogP) is 6.43. The summed E-state index contributed by atoms with van der Waals surface area (Å²) in [4.78, 5) is 12.4. The maximum Gasteiger partial charge on any atom is 0.266 e. The largest absolute Gasteiger partial charge is 0.489 e. The van der Waals surface area contributed by atoms with E-state index in [1.807, 2.05) is 31.2 Å². The molecule has 6 heteroatoms. The fourth-order valence-electron chi connectivity index (χ4n) is 2.72. The zero-order valence-corrected chi connectivity index (χ0v) is 17.7. The summed E-state index contributed by atoms with van der Waals surface area (Å²) in [6.07, 6.45) is 1.51. The van der Waals surface area contributed by atoms with Crippen LogP contribution in [0.5, 0.6) is 5.75 Å². The summed E-state index contributed by atoms with van der Waals surface area (Å²) in [6, 6.07) is 21.9. The van der Waals surface area contributed by atoms with Crippen LogP contribution < -0.4 is 10.1 Å². The minimum absolute atomic E-state index is 0.0329. The zero-order valence-electron chi connectivity index (χ0n) is 16.2. The molecule has 0 aliphatic carbocycles. The Bertz CT molecular complexity index is 1130. The van der Waals surface area contributed by atoms with E-state index in [-0.39, 0.29) is 5.57 Å². The number of nitriles is 1. The maximum atomic E-state index is 12.4. The Labute approximate surface area is 185 Å². The van der Waals surface area contributed by atoms with Gasteiger partial charge in [-0.1, -0.05) is 65.2 Å². The first-order chi connectivity index (χ1) is 14.4. The summed E-state index contributed by atoms with van der Waals surface area (Å²) < 4.78 is 5.79. The van der Waals surface area contributed by atoms with E-state index >= 15 is 0 Å². The van der Waals surface area contributed by atoms with Crippen molar-refractivity contribution in [3.05, 3.63) is 99.0 Å². The highest BCUT2D eigenvalue weighted by molar-refractivity contribution is 6.42. The van der Waals surface area contributed by atoms with Crippen molar-refractivity contribution in [1.82, 2.24) is 0 Å². The lowest BCUT2D eigenvalue weighted by Crippen LogP contribution is -2.13. The van der Waals surface area contributed by atoms with Crippen molar-refractivity contribution in [2.24, 2.45) is 0 Å². The standard InChI is InChI=1S/C24H18Cl2N2O2/c1-16-3-2-4-18(11-16)15-30-21-8-5-17(6-9-21)12-19(14-27)24(29)28-20-7-10-22(25)23(26)13-20/h2-13H,15H2,1H3,(H,28,29)/b19-12+. The van der Waals surface area contributed by atoms with Gasteiger partial charge < -0.3 is 10.1 Å². The number of hydrogen-bond acceptors (Lipinski definition) is 3. The summed E-state index contributed by atoms with van der Waals surface area (Å²) in [7, 11) is 0. The number of halogens is 2. The molecule has 0 radical (unpaired) electrons. The van der Waals surface area contributed by atoms with Gasteiger partial charge in [0.15, 0.2) is 0 Å². The topological polar surface area (TPSA) is 62.1 Å². The van der Waals surface area contributed by atoms with E-state index in [1.165, 1.54) is 17.7 Å². The van der Waals surface area contributed by atoms with Gasteiger partial charge >= 0.3 is 0 Å². The molecule has 3 aromatic carbocycles. The number of hydrogen-bond donors (Lipinski definition) is 1. The van der Waals surface area contributed by atoms with E-state index < -0.39 is 5.91 Å². The van der Waals surface area contributed by atoms with Crippen molar-refractivity contribution in [1.29, 1.82) is 5.26 Å². The first kappa shape index (κ1) is 21.4. The SMILES string of the molecule is Cc1cccc(COc2ccc(/C=C(\C#N)C(=O)Nc3ccc(Cl)c(Cl)c3)cc2)c1. The Hall–Kier alpha value is -3.26. The molecule has 0 saturated heterocycles. The molecule has 1 amide bonds. The van der Waals surface area contributed by atoms with Crippen LogP contribution in [0, 0.1) is 18.3 Å². The van der Waals surface area contributed by atoms with Crippen LogP contribution in [0.2, 0.25) is 10.0 Å². The average Bonchev–Trinajstić information content (AvgIpc) is 2.74. The number of ether oxygens (including phenoxy) is 1. The van der Waals surface area contributed by atoms with E-state index in [1.54, 1.807) is 36.4 Å². The van der Waals surface area contributed by atoms with Crippen molar-refractivity contribution in [3.63, 3.8) is 0 Å². The van der Waals surface area contributed by atoms with Gasteiger partial charge in [-0.3, -0.25) is 4.79 Å². The molecule has 0 aliphatic heterocycles. The molecule has 0 spiro atoms.